The van der Waals surface area contributed by atoms with E-state index in [9.17, 15) is 4.79 Å². The molecule has 0 radical (unpaired) electrons. The maximum absolute atomic E-state index is 11.3. The lowest BCUT2D eigenvalue weighted by atomic mass is 9.91. The Bertz CT molecular complexity index is 216. The Morgan fingerprint density at radius 2 is 1.56 bits per heavy atom. The summed E-state index contributed by atoms with van der Waals surface area (Å²) in [4.78, 5) is 11.3. The van der Waals surface area contributed by atoms with Gasteiger partial charge >= 0.3 is 0 Å². The normalized spacial score (nSPS) is 12.1. The molecule has 0 bridgehead atoms. The van der Waals surface area contributed by atoms with Gasteiger partial charge in [0.05, 0.1) is 19.8 Å². The van der Waals surface area contributed by atoms with Gasteiger partial charge in [0.25, 0.3) is 0 Å². The van der Waals surface area contributed by atoms with Crippen LogP contribution >= 0.6 is 0 Å². The topological polar surface area (TPSA) is 35.5 Å². The minimum Gasteiger partial charge on any atom is -0.379 e. The maximum Gasteiger partial charge on any atom is 0.137 e. The van der Waals surface area contributed by atoms with Crippen LogP contribution in [0.25, 0.3) is 0 Å². The van der Waals surface area contributed by atoms with Crippen LogP contribution < -0.4 is 0 Å². The van der Waals surface area contributed by atoms with E-state index in [2.05, 4.69) is 20.8 Å². The highest BCUT2D eigenvalue weighted by atomic mass is 16.5. The molecule has 3 heteroatoms. The lowest BCUT2D eigenvalue weighted by Gasteiger charge is -2.17. The van der Waals surface area contributed by atoms with Crippen LogP contribution in [0.4, 0.5) is 0 Å². The van der Waals surface area contributed by atoms with Crippen molar-refractivity contribution in [1.82, 2.24) is 0 Å². The number of rotatable bonds is 10. The molecule has 0 unspecified atom stereocenters. The van der Waals surface area contributed by atoms with Crippen molar-refractivity contribution in [3.05, 3.63) is 0 Å². The molecule has 0 aromatic heterocycles. The van der Waals surface area contributed by atoms with Crippen LogP contribution in [0.1, 0.15) is 53.9 Å². The van der Waals surface area contributed by atoms with E-state index in [-0.39, 0.29) is 11.7 Å². The van der Waals surface area contributed by atoms with E-state index in [0.29, 0.717) is 31.7 Å². The van der Waals surface area contributed by atoms with Gasteiger partial charge in [-0.3, -0.25) is 4.79 Å². The van der Waals surface area contributed by atoms with Crippen LogP contribution in [0, 0.1) is 11.3 Å². The monoisotopic (exact) mass is 258 g/mol. The summed E-state index contributed by atoms with van der Waals surface area (Å²) < 4.78 is 10.8. The average molecular weight is 258 g/mol. The van der Waals surface area contributed by atoms with Crippen LogP contribution in [-0.4, -0.2) is 32.2 Å². The molecule has 0 amide bonds. The Hall–Kier alpha value is -0.410. The fraction of sp³-hybridized carbons (Fsp3) is 0.933. The Balaban J connectivity index is 3.20. The molecule has 3 nitrogen and oxygen atoms in total. The number of hydrogen-bond acceptors (Lipinski definition) is 3. The number of hydrogen-bond donors (Lipinski definition) is 0. The zero-order valence-electron chi connectivity index (χ0n) is 12.8. The van der Waals surface area contributed by atoms with Crippen molar-refractivity contribution in [2.45, 2.75) is 53.9 Å². The van der Waals surface area contributed by atoms with Crippen molar-refractivity contribution in [1.29, 1.82) is 0 Å². The number of carbonyl (C=O) groups is 1. The highest BCUT2D eigenvalue weighted by molar-refractivity contribution is 5.80. The van der Waals surface area contributed by atoms with Gasteiger partial charge in [-0.05, 0) is 18.3 Å². The summed E-state index contributed by atoms with van der Waals surface area (Å²) in [6.07, 6.45) is 2.79. The van der Waals surface area contributed by atoms with E-state index in [0.717, 1.165) is 13.0 Å². The summed E-state index contributed by atoms with van der Waals surface area (Å²) >= 11 is 0. The molecule has 0 aliphatic carbocycles. The van der Waals surface area contributed by atoms with Crippen molar-refractivity contribution in [2.75, 3.05) is 26.4 Å². The van der Waals surface area contributed by atoms with Crippen LogP contribution in [0.2, 0.25) is 0 Å². The van der Waals surface area contributed by atoms with Gasteiger partial charge in [0.15, 0.2) is 0 Å². The number of carbonyl (C=O) groups excluding carboxylic acids is 1. The molecule has 0 aromatic rings. The van der Waals surface area contributed by atoms with Crippen LogP contribution in [0.3, 0.4) is 0 Å². The third-order valence-corrected chi connectivity index (χ3v) is 2.72. The SMILES string of the molecule is CC(C)C(=O)CCOCCOCCCC(C)(C)C. The van der Waals surface area contributed by atoms with E-state index in [1.807, 2.05) is 13.8 Å². The van der Waals surface area contributed by atoms with Gasteiger partial charge in [-0.25, -0.2) is 0 Å². The number of ketones is 1. The molecule has 0 saturated carbocycles. The fourth-order valence-electron chi connectivity index (χ4n) is 1.49. The molecule has 0 rings (SSSR count). The van der Waals surface area contributed by atoms with Crippen molar-refractivity contribution >= 4 is 5.78 Å². The third kappa shape index (κ3) is 12.1. The molecule has 0 fully saturated rings. The average Bonchev–Trinajstić information content (AvgIpc) is 2.24. The van der Waals surface area contributed by atoms with Gasteiger partial charge in [0.1, 0.15) is 5.78 Å². The smallest absolute Gasteiger partial charge is 0.137 e. The quantitative estimate of drug-likeness (QED) is 0.563. The van der Waals surface area contributed by atoms with E-state index >= 15 is 0 Å². The molecular weight excluding hydrogens is 228 g/mol. The van der Waals surface area contributed by atoms with Crippen LogP contribution in [0.5, 0.6) is 0 Å². The first kappa shape index (κ1) is 17.6. The largest absolute Gasteiger partial charge is 0.379 e. The Kier molecular flexibility index (Phi) is 9.29. The first-order valence-electron chi connectivity index (χ1n) is 7.01. The van der Waals surface area contributed by atoms with Gasteiger partial charge in [0.2, 0.25) is 0 Å². The number of Topliss-reactive ketones (excluding diaryl/α,β-unsaturated/α-hetero) is 1. The summed E-state index contributed by atoms with van der Waals surface area (Å²) in [6, 6.07) is 0. The van der Waals surface area contributed by atoms with E-state index in [4.69, 9.17) is 9.47 Å². The highest BCUT2D eigenvalue weighted by Gasteiger charge is 2.09. The fourth-order valence-corrected chi connectivity index (χ4v) is 1.49. The maximum atomic E-state index is 11.3. The molecular formula is C15H30O3. The van der Waals surface area contributed by atoms with E-state index in [1.54, 1.807) is 0 Å². The van der Waals surface area contributed by atoms with Crippen molar-refractivity contribution in [3.63, 3.8) is 0 Å². The second-order valence-corrected chi connectivity index (χ2v) is 6.26. The van der Waals surface area contributed by atoms with E-state index in [1.165, 1.54) is 6.42 Å². The Labute approximate surface area is 112 Å². The molecule has 0 spiro atoms. The van der Waals surface area contributed by atoms with Gasteiger partial charge < -0.3 is 9.47 Å². The lowest BCUT2D eigenvalue weighted by Crippen LogP contribution is -2.13. The molecule has 18 heavy (non-hydrogen) atoms. The van der Waals surface area contributed by atoms with Crippen molar-refractivity contribution in [2.24, 2.45) is 11.3 Å². The first-order chi connectivity index (χ1) is 8.33. The zero-order valence-corrected chi connectivity index (χ0v) is 12.8. The van der Waals surface area contributed by atoms with Crippen molar-refractivity contribution < 1.29 is 14.3 Å². The minimum atomic E-state index is 0.113. The molecule has 0 heterocycles. The summed E-state index contributed by atoms with van der Waals surface area (Å²) in [6.45, 7) is 13.1. The predicted molar refractivity (Wildman–Crippen MR) is 74.8 cm³/mol. The molecule has 108 valence electrons. The molecule has 0 N–H and O–H groups in total. The first-order valence-corrected chi connectivity index (χ1v) is 7.01. The standard InChI is InChI=1S/C15H30O3/c1-13(2)14(16)7-10-18-12-11-17-9-6-8-15(3,4)5/h13H,6-12H2,1-5H3. The molecule has 0 aromatic carbocycles. The minimum absolute atomic E-state index is 0.113. The van der Waals surface area contributed by atoms with Crippen molar-refractivity contribution in [3.8, 4) is 0 Å². The molecule has 0 aliphatic heterocycles. The summed E-state index contributed by atoms with van der Waals surface area (Å²) in [5, 5.41) is 0. The summed E-state index contributed by atoms with van der Waals surface area (Å²) in [5.41, 5.74) is 0.386. The van der Waals surface area contributed by atoms with Crippen LogP contribution in [0.15, 0.2) is 0 Å². The molecule has 0 atom stereocenters. The summed E-state index contributed by atoms with van der Waals surface area (Å²) in [5.74, 6) is 0.378. The highest BCUT2D eigenvalue weighted by Crippen LogP contribution is 2.20. The van der Waals surface area contributed by atoms with E-state index < -0.39 is 0 Å². The predicted octanol–water partition coefficient (Wildman–Crippen LogP) is 3.46. The van der Waals surface area contributed by atoms with Gasteiger partial charge in [-0.1, -0.05) is 34.6 Å². The third-order valence-electron chi connectivity index (χ3n) is 2.72. The van der Waals surface area contributed by atoms with Crippen LogP contribution in [-0.2, 0) is 14.3 Å². The lowest BCUT2D eigenvalue weighted by molar-refractivity contribution is -0.123. The molecule has 0 aliphatic rings. The summed E-state index contributed by atoms with van der Waals surface area (Å²) in [7, 11) is 0. The Morgan fingerprint density at radius 1 is 1.00 bits per heavy atom. The Morgan fingerprint density at radius 3 is 2.06 bits per heavy atom. The molecule has 0 saturated heterocycles. The van der Waals surface area contributed by atoms with Gasteiger partial charge in [-0.2, -0.15) is 0 Å². The number of ether oxygens (including phenoxy) is 2. The zero-order chi connectivity index (χ0) is 14.0. The second kappa shape index (κ2) is 9.51. The second-order valence-electron chi connectivity index (χ2n) is 6.26. The van der Waals surface area contributed by atoms with Gasteiger partial charge in [0, 0.05) is 18.9 Å². The van der Waals surface area contributed by atoms with Gasteiger partial charge in [-0.15, -0.1) is 0 Å².